The number of rotatable bonds is 5. The summed E-state index contributed by atoms with van der Waals surface area (Å²) >= 11 is 3.21. The average Bonchev–Trinajstić information content (AvgIpc) is 4.00. The highest BCUT2D eigenvalue weighted by Gasteiger charge is 2.28. The number of thiophene rings is 2. The molecule has 0 unspecified atom stereocenters. The lowest BCUT2D eigenvalue weighted by molar-refractivity contribution is 0.329. The number of hydrogen-bond acceptors (Lipinski definition) is 10. The zero-order chi connectivity index (χ0) is 41.8. The first kappa shape index (κ1) is 35.9. The van der Waals surface area contributed by atoms with Crippen LogP contribution in [0.25, 0.3) is 113 Å². The summed E-state index contributed by atoms with van der Waals surface area (Å²) in [7, 11) is 0. The summed E-state index contributed by atoms with van der Waals surface area (Å²) in [5.41, 5.74) is 6.33. The first-order valence-corrected chi connectivity index (χ1v) is 21.4. The molecule has 11 heteroatoms. The third kappa shape index (κ3) is 5.16. The molecule has 0 saturated carbocycles. The van der Waals surface area contributed by atoms with Crippen LogP contribution in [0.4, 0.5) is 0 Å². The number of aromatic hydroxyl groups is 5. The van der Waals surface area contributed by atoms with E-state index in [0.717, 1.165) is 79.0 Å². The second-order valence-electron chi connectivity index (χ2n) is 15.1. The van der Waals surface area contributed by atoms with E-state index < -0.39 is 34.3 Å². The molecule has 4 heterocycles. The van der Waals surface area contributed by atoms with Gasteiger partial charge < -0.3 is 30.1 Å². The van der Waals surface area contributed by atoms with E-state index in [1.54, 1.807) is 22.7 Å². The lowest BCUT2D eigenvalue weighted by Crippen LogP contribution is -2.01. The maximum absolute atomic E-state index is 11.2. The second kappa shape index (κ2) is 13.5. The summed E-state index contributed by atoms with van der Waals surface area (Å²) < 4.78 is 6.32. The van der Waals surface area contributed by atoms with Gasteiger partial charge in [0.1, 0.15) is 5.56 Å². The number of nitrogens with zero attached hydrogens (tertiary/aromatic N) is 4. The molecule has 0 atom stereocenters. The highest BCUT2D eigenvalue weighted by molar-refractivity contribution is 7.27. The molecule has 0 saturated heterocycles. The molecule has 9 nitrogen and oxygen atoms in total. The van der Waals surface area contributed by atoms with Crippen LogP contribution in [-0.2, 0) is 0 Å². The summed E-state index contributed by atoms with van der Waals surface area (Å²) in [6.45, 7) is 0. The Morgan fingerprint density at radius 2 is 0.871 bits per heavy atom. The molecule has 0 amide bonds. The van der Waals surface area contributed by atoms with Crippen LogP contribution in [0.3, 0.4) is 0 Å². The van der Waals surface area contributed by atoms with Crippen molar-refractivity contribution in [1.82, 2.24) is 19.5 Å². The Morgan fingerprint density at radius 1 is 0.371 bits per heavy atom. The molecule has 296 valence electrons. The van der Waals surface area contributed by atoms with Gasteiger partial charge in [0, 0.05) is 63.1 Å². The lowest BCUT2D eigenvalue weighted by Gasteiger charge is -2.13. The molecule has 62 heavy (non-hydrogen) atoms. The summed E-state index contributed by atoms with van der Waals surface area (Å²) in [6, 6.07) is 51.7. The first-order chi connectivity index (χ1) is 30.4. The standard InChI is InChI=1S/C51H30N4O5S2/c56-41-39(42(57)44(59)45(60)43(41)58)51-53-49(34-21-9-18-31-29-15-5-7-25-38(29)61-46(31)34)52-50(54-51)35-22-10-19-32-33-20-11-24-37(48(33)62-47(32)35)55-36-23-6-4-14-28(36)30-17-8-16-27(40(30)55)26-12-2-1-3-13-26/h1-25,56-60H. The van der Waals surface area contributed by atoms with Crippen molar-refractivity contribution in [3.8, 4) is 79.7 Å². The molecule has 0 fully saturated rings. The summed E-state index contributed by atoms with van der Waals surface area (Å²) in [5, 5.41) is 60.4. The topological polar surface area (TPSA) is 145 Å². The van der Waals surface area contributed by atoms with Gasteiger partial charge in [0.15, 0.2) is 29.0 Å². The Hall–Kier alpha value is -7.99. The Kier molecular flexibility index (Phi) is 7.83. The van der Waals surface area contributed by atoms with Crippen LogP contribution >= 0.6 is 22.7 Å². The zero-order valence-electron chi connectivity index (χ0n) is 32.3. The van der Waals surface area contributed by atoms with E-state index in [-0.39, 0.29) is 17.5 Å². The number of benzene rings is 8. The molecule has 0 aliphatic heterocycles. The molecular weight excluding hydrogens is 813 g/mol. The molecule has 0 bridgehead atoms. The number of hydrogen-bond donors (Lipinski definition) is 5. The van der Waals surface area contributed by atoms with Crippen molar-refractivity contribution in [2.75, 3.05) is 0 Å². The van der Waals surface area contributed by atoms with Gasteiger partial charge in [-0.25, -0.2) is 15.0 Å². The van der Waals surface area contributed by atoms with E-state index >= 15 is 0 Å². The summed E-state index contributed by atoms with van der Waals surface area (Å²) in [6.07, 6.45) is 0. The van der Waals surface area contributed by atoms with Gasteiger partial charge in [0.05, 0.1) is 21.4 Å². The van der Waals surface area contributed by atoms with E-state index in [1.165, 1.54) is 0 Å². The number of aromatic nitrogens is 4. The van der Waals surface area contributed by atoms with Crippen molar-refractivity contribution in [2.45, 2.75) is 0 Å². The van der Waals surface area contributed by atoms with Gasteiger partial charge in [0.25, 0.3) is 0 Å². The van der Waals surface area contributed by atoms with Crippen LogP contribution in [-0.4, -0.2) is 45.1 Å². The molecular formula is C51H30N4O5S2. The minimum absolute atomic E-state index is 0.221. The van der Waals surface area contributed by atoms with Gasteiger partial charge in [-0.3, -0.25) is 0 Å². The molecule has 0 aliphatic rings. The molecule has 0 spiro atoms. The van der Waals surface area contributed by atoms with Gasteiger partial charge in [-0.1, -0.05) is 121 Å². The van der Waals surface area contributed by atoms with Gasteiger partial charge in [-0.05, 0) is 35.9 Å². The average molecular weight is 843 g/mol. The minimum atomic E-state index is -1.07. The second-order valence-corrected chi connectivity index (χ2v) is 17.1. The molecule has 0 aliphatic carbocycles. The molecule has 5 N–H and O–H groups in total. The Morgan fingerprint density at radius 3 is 1.58 bits per heavy atom. The van der Waals surface area contributed by atoms with Crippen molar-refractivity contribution in [2.24, 2.45) is 0 Å². The lowest BCUT2D eigenvalue weighted by atomic mass is 10.0. The Bertz CT molecular complexity index is 3810. The van der Waals surface area contributed by atoms with Crippen LogP contribution in [0.1, 0.15) is 0 Å². The zero-order valence-corrected chi connectivity index (χ0v) is 33.9. The van der Waals surface area contributed by atoms with E-state index in [1.807, 2.05) is 48.5 Å². The number of fused-ring (bicyclic) bond motifs is 9. The van der Waals surface area contributed by atoms with Crippen LogP contribution in [0.5, 0.6) is 28.7 Å². The summed E-state index contributed by atoms with van der Waals surface area (Å²) in [5.74, 6) is -4.66. The number of phenolic OH excluding ortho intramolecular Hbond substituents is 5. The fraction of sp³-hybridized carbons (Fsp3) is 0. The number of phenols is 5. The van der Waals surface area contributed by atoms with Gasteiger partial charge in [-0.15, -0.1) is 22.7 Å². The smallest absolute Gasteiger partial charge is 0.208 e. The van der Waals surface area contributed by atoms with E-state index in [4.69, 9.17) is 15.0 Å². The SMILES string of the molecule is Oc1c(O)c(O)c(-c2nc(-c3cccc4c3sc3ccccc34)nc(-c3cccc4c3sc3c(-n5c6ccccc6c6cccc(-c7ccccc7)c65)cccc34)n2)c(O)c1O. The molecule has 12 aromatic rings. The van der Waals surface area contributed by atoms with E-state index in [9.17, 15) is 25.5 Å². The Labute approximate surface area is 359 Å². The van der Waals surface area contributed by atoms with Gasteiger partial charge in [0.2, 0.25) is 17.2 Å². The third-order valence-corrected chi connectivity index (χ3v) is 14.1. The predicted octanol–water partition coefficient (Wildman–Crippen LogP) is 12.9. The Balaban J connectivity index is 1.14. The molecule has 4 aromatic heterocycles. The molecule has 8 aromatic carbocycles. The highest BCUT2D eigenvalue weighted by Crippen LogP contribution is 2.55. The predicted molar refractivity (Wildman–Crippen MR) is 250 cm³/mol. The van der Waals surface area contributed by atoms with Crippen molar-refractivity contribution < 1.29 is 25.5 Å². The molecule has 0 radical (unpaired) electrons. The highest BCUT2D eigenvalue weighted by atomic mass is 32.1. The normalized spacial score (nSPS) is 11.9. The number of para-hydroxylation sites is 2. The van der Waals surface area contributed by atoms with Crippen LogP contribution in [0.15, 0.2) is 152 Å². The van der Waals surface area contributed by atoms with Crippen LogP contribution < -0.4 is 0 Å². The van der Waals surface area contributed by atoms with Gasteiger partial charge >= 0.3 is 0 Å². The molecule has 12 rings (SSSR count). The summed E-state index contributed by atoms with van der Waals surface area (Å²) in [4.78, 5) is 14.7. The van der Waals surface area contributed by atoms with Crippen molar-refractivity contribution in [3.63, 3.8) is 0 Å². The first-order valence-electron chi connectivity index (χ1n) is 19.7. The quantitative estimate of drug-likeness (QED) is 0.0851. The van der Waals surface area contributed by atoms with E-state index in [0.29, 0.717) is 11.1 Å². The maximum atomic E-state index is 11.2. The van der Waals surface area contributed by atoms with Gasteiger partial charge in [-0.2, -0.15) is 0 Å². The monoisotopic (exact) mass is 842 g/mol. The minimum Gasteiger partial charge on any atom is -0.504 e. The van der Waals surface area contributed by atoms with Crippen molar-refractivity contribution in [1.29, 1.82) is 0 Å². The van der Waals surface area contributed by atoms with Crippen molar-refractivity contribution >= 4 is 84.8 Å². The largest absolute Gasteiger partial charge is 0.504 e. The maximum Gasteiger partial charge on any atom is 0.208 e. The fourth-order valence-corrected chi connectivity index (χ4v) is 11.4. The fourth-order valence-electron chi connectivity index (χ4n) is 8.83. The third-order valence-electron chi connectivity index (χ3n) is 11.6. The van der Waals surface area contributed by atoms with Crippen molar-refractivity contribution in [3.05, 3.63) is 152 Å². The van der Waals surface area contributed by atoms with Crippen LogP contribution in [0.2, 0.25) is 0 Å². The van der Waals surface area contributed by atoms with Crippen LogP contribution in [0, 0.1) is 0 Å². The van der Waals surface area contributed by atoms with E-state index in [2.05, 4.69) is 108 Å².